The highest BCUT2D eigenvalue weighted by molar-refractivity contribution is 8.03. The molecule has 0 radical (unpaired) electrons. The third-order valence-electron chi connectivity index (χ3n) is 2.02. The van der Waals surface area contributed by atoms with Gasteiger partial charge in [0.2, 0.25) is 0 Å². The zero-order valence-corrected chi connectivity index (χ0v) is 7.81. The molecule has 0 spiro atoms. The Morgan fingerprint density at radius 3 is 2.50 bits per heavy atom. The highest BCUT2D eigenvalue weighted by Crippen LogP contribution is 2.43. The van der Waals surface area contributed by atoms with Crippen molar-refractivity contribution < 1.29 is 0 Å². The van der Waals surface area contributed by atoms with E-state index >= 15 is 0 Å². The van der Waals surface area contributed by atoms with Crippen LogP contribution in [0.15, 0.2) is 46.7 Å². The molecule has 0 bridgehead atoms. The van der Waals surface area contributed by atoms with Crippen LogP contribution in [0.3, 0.4) is 0 Å². The van der Waals surface area contributed by atoms with Crippen molar-refractivity contribution in [1.82, 2.24) is 0 Å². The average Bonchev–Trinajstić information content (AvgIpc) is 2.88. The van der Waals surface area contributed by atoms with Gasteiger partial charge in [-0.15, -0.1) is 0 Å². The number of benzene rings is 1. The Bertz CT molecular complexity index is 272. The van der Waals surface area contributed by atoms with Gasteiger partial charge in [0.25, 0.3) is 0 Å². The van der Waals surface area contributed by atoms with E-state index in [1.165, 1.54) is 22.6 Å². The highest BCUT2D eigenvalue weighted by Gasteiger charge is 2.24. The Balaban J connectivity index is 1.98. The molecule has 0 N–H and O–H groups in total. The second kappa shape index (κ2) is 3.36. The summed E-state index contributed by atoms with van der Waals surface area (Å²) < 4.78 is 0. The summed E-state index contributed by atoms with van der Waals surface area (Å²) in [5.41, 5.74) is 0. The zero-order chi connectivity index (χ0) is 8.39. The van der Waals surface area contributed by atoms with Crippen LogP contribution in [0.2, 0.25) is 0 Å². The first-order valence-corrected chi connectivity index (χ1v) is 5.09. The van der Waals surface area contributed by atoms with Crippen molar-refractivity contribution in [2.75, 3.05) is 0 Å². The summed E-state index contributed by atoms with van der Waals surface area (Å²) in [6.45, 7) is 4.07. The van der Waals surface area contributed by atoms with E-state index in [4.69, 9.17) is 0 Å². The van der Waals surface area contributed by atoms with Gasteiger partial charge in [0, 0.05) is 4.90 Å². The molecule has 0 unspecified atom stereocenters. The summed E-state index contributed by atoms with van der Waals surface area (Å²) >= 11 is 1.82. The predicted octanol–water partition coefficient (Wildman–Crippen LogP) is 3.70. The quantitative estimate of drug-likeness (QED) is 0.633. The summed E-state index contributed by atoms with van der Waals surface area (Å²) in [5.74, 6) is 0.801. The van der Waals surface area contributed by atoms with Gasteiger partial charge < -0.3 is 0 Å². The molecule has 1 saturated carbocycles. The average molecular weight is 176 g/mol. The Morgan fingerprint density at radius 2 is 1.92 bits per heavy atom. The van der Waals surface area contributed by atoms with E-state index in [1.54, 1.807) is 0 Å². The fraction of sp³-hybridized carbons (Fsp3) is 0.273. The van der Waals surface area contributed by atoms with Gasteiger partial charge in [-0.05, 0) is 35.8 Å². The number of allylic oxidation sites excluding steroid dienone is 1. The van der Waals surface area contributed by atoms with E-state index in [1.807, 2.05) is 17.8 Å². The first kappa shape index (κ1) is 7.93. The van der Waals surface area contributed by atoms with Crippen molar-refractivity contribution in [1.29, 1.82) is 0 Å². The standard InChI is InChI=1S/C11H12S/c1-9(10-7-8-10)12-11-5-3-2-4-6-11/h2-6,10H,1,7-8H2. The Hall–Kier alpha value is -0.690. The minimum absolute atomic E-state index is 0.801. The van der Waals surface area contributed by atoms with E-state index in [-0.39, 0.29) is 0 Å². The molecule has 12 heavy (non-hydrogen) atoms. The smallest absolute Gasteiger partial charge is 0.0118 e. The maximum absolute atomic E-state index is 4.07. The van der Waals surface area contributed by atoms with Gasteiger partial charge in [-0.3, -0.25) is 0 Å². The third-order valence-corrected chi connectivity index (χ3v) is 3.13. The summed E-state index contributed by atoms with van der Waals surface area (Å²) in [5, 5.41) is 0. The van der Waals surface area contributed by atoms with Crippen LogP contribution >= 0.6 is 11.8 Å². The van der Waals surface area contributed by atoms with Crippen LogP contribution in [0.25, 0.3) is 0 Å². The van der Waals surface area contributed by atoms with Gasteiger partial charge in [0.1, 0.15) is 0 Å². The fourth-order valence-electron chi connectivity index (χ4n) is 1.13. The fourth-order valence-corrected chi connectivity index (χ4v) is 2.13. The maximum atomic E-state index is 4.07. The lowest BCUT2D eigenvalue weighted by Gasteiger charge is -2.01. The van der Waals surface area contributed by atoms with E-state index in [9.17, 15) is 0 Å². The van der Waals surface area contributed by atoms with Gasteiger partial charge in [-0.1, -0.05) is 36.5 Å². The van der Waals surface area contributed by atoms with Gasteiger partial charge in [-0.25, -0.2) is 0 Å². The molecular formula is C11H12S. The van der Waals surface area contributed by atoms with Crippen LogP contribution in [-0.2, 0) is 0 Å². The van der Waals surface area contributed by atoms with Gasteiger partial charge in [0.15, 0.2) is 0 Å². The van der Waals surface area contributed by atoms with Crippen LogP contribution < -0.4 is 0 Å². The molecule has 0 saturated heterocycles. The normalized spacial score (nSPS) is 16.0. The van der Waals surface area contributed by atoms with Crippen LogP contribution in [0.5, 0.6) is 0 Å². The first-order chi connectivity index (χ1) is 5.86. The molecule has 62 valence electrons. The largest absolute Gasteiger partial charge is 0.0949 e. The second-order valence-electron chi connectivity index (χ2n) is 3.16. The van der Waals surface area contributed by atoms with E-state index in [0.717, 1.165) is 5.92 Å². The SMILES string of the molecule is C=C(Sc1ccccc1)C1CC1. The topological polar surface area (TPSA) is 0 Å². The van der Waals surface area contributed by atoms with Gasteiger partial charge in [0.05, 0.1) is 0 Å². The summed E-state index contributed by atoms with van der Waals surface area (Å²) in [7, 11) is 0. The predicted molar refractivity (Wildman–Crippen MR) is 54.2 cm³/mol. The molecular weight excluding hydrogens is 164 g/mol. The lowest BCUT2D eigenvalue weighted by Crippen LogP contribution is -1.76. The number of rotatable bonds is 3. The highest BCUT2D eigenvalue weighted by atomic mass is 32.2. The molecule has 1 aliphatic rings. The van der Waals surface area contributed by atoms with E-state index in [2.05, 4.69) is 30.8 Å². The molecule has 1 aromatic carbocycles. The molecule has 1 aliphatic carbocycles. The third kappa shape index (κ3) is 1.92. The van der Waals surface area contributed by atoms with Gasteiger partial charge >= 0.3 is 0 Å². The molecule has 0 aliphatic heterocycles. The molecule has 0 atom stereocenters. The molecule has 1 aromatic rings. The van der Waals surface area contributed by atoms with Gasteiger partial charge in [-0.2, -0.15) is 0 Å². The van der Waals surface area contributed by atoms with Crippen LogP contribution in [0, 0.1) is 5.92 Å². The monoisotopic (exact) mass is 176 g/mol. The van der Waals surface area contributed by atoms with Crippen molar-refractivity contribution in [3.63, 3.8) is 0 Å². The Kier molecular flexibility index (Phi) is 2.22. The lowest BCUT2D eigenvalue weighted by molar-refractivity contribution is 1.10. The number of thioether (sulfide) groups is 1. The second-order valence-corrected chi connectivity index (χ2v) is 4.36. The molecule has 0 nitrogen and oxygen atoms in total. The number of hydrogen-bond acceptors (Lipinski definition) is 1. The molecule has 0 heterocycles. The Morgan fingerprint density at radius 1 is 1.25 bits per heavy atom. The Labute approximate surface area is 77.7 Å². The van der Waals surface area contributed by atoms with Crippen molar-refractivity contribution in [2.24, 2.45) is 5.92 Å². The lowest BCUT2D eigenvalue weighted by atomic mass is 10.4. The summed E-state index contributed by atoms with van der Waals surface area (Å²) in [4.78, 5) is 2.65. The molecule has 1 heteroatoms. The molecule has 1 fully saturated rings. The van der Waals surface area contributed by atoms with Crippen molar-refractivity contribution in [3.05, 3.63) is 41.8 Å². The minimum atomic E-state index is 0.801. The zero-order valence-electron chi connectivity index (χ0n) is 6.99. The first-order valence-electron chi connectivity index (χ1n) is 4.28. The van der Waals surface area contributed by atoms with E-state index in [0.29, 0.717) is 0 Å². The molecule has 0 aromatic heterocycles. The summed E-state index contributed by atoms with van der Waals surface area (Å²) in [6, 6.07) is 10.5. The van der Waals surface area contributed by atoms with Crippen LogP contribution in [-0.4, -0.2) is 0 Å². The molecule has 2 rings (SSSR count). The number of hydrogen-bond donors (Lipinski definition) is 0. The maximum Gasteiger partial charge on any atom is 0.0118 e. The van der Waals surface area contributed by atoms with Crippen LogP contribution in [0.1, 0.15) is 12.8 Å². The van der Waals surface area contributed by atoms with Crippen molar-refractivity contribution >= 4 is 11.8 Å². The van der Waals surface area contributed by atoms with Crippen molar-refractivity contribution in [2.45, 2.75) is 17.7 Å². The molecule has 0 amide bonds. The van der Waals surface area contributed by atoms with Crippen molar-refractivity contribution in [3.8, 4) is 0 Å². The van der Waals surface area contributed by atoms with Crippen LogP contribution in [0.4, 0.5) is 0 Å². The summed E-state index contributed by atoms with van der Waals surface area (Å²) in [6.07, 6.45) is 2.69. The van der Waals surface area contributed by atoms with E-state index < -0.39 is 0 Å². The minimum Gasteiger partial charge on any atom is -0.0949 e.